The smallest absolute Gasteiger partial charge is 0.129 e. The van der Waals surface area contributed by atoms with E-state index in [4.69, 9.17) is 22.1 Å². The lowest BCUT2D eigenvalue weighted by Gasteiger charge is -2.32. The number of nitrogens with zero attached hydrogens (tertiary/aromatic N) is 2. The first-order chi connectivity index (χ1) is 7.78. The van der Waals surface area contributed by atoms with Crippen molar-refractivity contribution in [3.8, 4) is 0 Å². The first-order valence-corrected chi connectivity index (χ1v) is 5.80. The molecule has 88 valence electrons. The Morgan fingerprint density at radius 1 is 1.62 bits per heavy atom. The number of nitrogens with two attached hydrogens (primary N) is 1. The maximum absolute atomic E-state index is 5.84. The van der Waals surface area contributed by atoms with Crippen LogP contribution in [-0.2, 0) is 11.3 Å². The molecule has 1 aliphatic rings. The molecule has 2 heterocycles. The van der Waals surface area contributed by atoms with Crippen molar-refractivity contribution in [1.82, 2.24) is 9.88 Å². The molecule has 0 amide bonds. The molecule has 0 aromatic carbocycles. The lowest BCUT2D eigenvalue weighted by atomic mass is 10.2. The number of halogens is 1. The maximum atomic E-state index is 5.84. The molecule has 5 heteroatoms. The lowest BCUT2D eigenvalue weighted by molar-refractivity contribution is -0.0260. The molecule has 2 N–H and O–H groups in total. The van der Waals surface area contributed by atoms with Gasteiger partial charge in [-0.1, -0.05) is 11.6 Å². The molecule has 1 aromatic rings. The Balaban J connectivity index is 1.94. The number of rotatable bonds is 3. The second-order valence-electron chi connectivity index (χ2n) is 3.95. The summed E-state index contributed by atoms with van der Waals surface area (Å²) < 4.78 is 5.51. The Hall–Kier alpha value is -0.680. The van der Waals surface area contributed by atoms with Crippen molar-refractivity contribution in [1.29, 1.82) is 0 Å². The van der Waals surface area contributed by atoms with Gasteiger partial charge in [0, 0.05) is 32.4 Å². The molecular weight excluding hydrogens is 226 g/mol. The number of hydrogen-bond acceptors (Lipinski definition) is 4. The molecule has 2 rings (SSSR count). The summed E-state index contributed by atoms with van der Waals surface area (Å²) in [6.45, 7) is 4.03. The van der Waals surface area contributed by atoms with Crippen molar-refractivity contribution in [2.24, 2.45) is 5.73 Å². The van der Waals surface area contributed by atoms with Crippen LogP contribution >= 0.6 is 11.6 Å². The minimum Gasteiger partial charge on any atom is -0.374 e. The average Bonchev–Trinajstić information content (AvgIpc) is 2.29. The van der Waals surface area contributed by atoms with Crippen LogP contribution in [0.25, 0.3) is 0 Å². The van der Waals surface area contributed by atoms with E-state index in [9.17, 15) is 0 Å². The third-order valence-electron chi connectivity index (χ3n) is 2.68. The molecule has 0 saturated carbocycles. The highest BCUT2D eigenvalue weighted by Gasteiger charge is 2.18. The number of ether oxygens (including phenoxy) is 1. The molecule has 1 fully saturated rings. The Morgan fingerprint density at radius 2 is 2.50 bits per heavy atom. The van der Waals surface area contributed by atoms with Gasteiger partial charge in [-0.15, -0.1) is 0 Å². The van der Waals surface area contributed by atoms with Gasteiger partial charge < -0.3 is 10.5 Å². The molecule has 16 heavy (non-hydrogen) atoms. The van der Waals surface area contributed by atoms with E-state index in [1.807, 2.05) is 12.1 Å². The van der Waals surface area contributed by atoms with Crippen LogP contribution in [0.1, 0.15) is 5.56 Å². The van der Waals surface area contributed by atoms with E-state index in [1.54, 1.807) is 6.20 Å². The van der Waals surface area contributed by atoms with Crippen LogP contribution in [0.3, 0.4) is 0 Å². The second kappa shape index (κ2) is 5.59. The molecule has 0 radical (unpaired) electrons. The fraction of sp³-hybridized carbons (Fsp3) is 0.545. The highest BCUT2D eigenvalue weighted by atomic mass is 35.5. The van der Waals surface area contributed by atoms with Gasteiger partial charge in [0.25, 0.3) is 0 Å². The zero-order chi connectivity index (χ0) is 11.4. The second-order valence-corrected chi connectivity index (χ2v) is 4.34. The van der Waals surface area contributed by atoms with Crippen LogP contribution in [-0.4, -0.2) is 42.2 Å². The summed E-state index contributed by atoms with van der Waals surface area (Å²) in [6, 6.07) is 3.88. The third-order valence-corrected chi connectivity index (χ3v) is 2.89. The van der Waals surface area contributed by atoms with Crippen LogP contribution in [0, 0.1) is 0 Å². The van der Waals surface area contributed by atoms with Crippen molar-refractivity contribution in [2.75, 3.05) is 26.2 Å². The van der Waals surface area contributed by atoms with E-state index in [0.29, 0.717) is 11.7 Å². The molecule has 1 aliphatic heterocycles. The van der Waals surface area contributed by atoms with Crippen LogP contribution < -0.4 is 5.73 Å². The quantitative estimate of drug-likeness (QED) is 0.799. The van der Waals surface area contributed by atoms with Gasteiger partial charge >= 0.3 is 0 Å². The average molecular weight is 242 g/mol. The summed E-state index contributed by atoms with van der Waals surface area (Å²) in [5.41, 5.74) is 6.78. The number of pyridine rings is 1. The van der Waals surface area contributed by atoms with E-state index >= 15 is 0 Å². The minimum absolute atomic E-state index is 0.158. The Kier molecular flexibility index (Phi) is 4.12. The maximum Gasteiger partial charge on any atom is 0.129 e. The molecule has 1 saturated heterocycles. The molecule has 0 aliphatic carbocycles. The zero-order valence-electron chi connectivity index (χ0n) is 9.10. The highest BCUT2D eigenvalue weighted by Crippen LogP contribution is 2.12. The summed E-state index contributed by atoms with van der Waals surface area (Å²) in [5, 5.41) is 0.543. The lowest BCUT2D eigenvalue weighted by Crippen LogP contribution is -2.45. The van der Waals surface area contributed by atoms with Gasteiger partial charge in [-0.25, -0.2) is 4.98 Å². The van der Waals surface area contributed by atoms with Crippen LogP contribution in [0.15, 0.2) is 18.3 Å². The van der Waals surface area contributed by atoms with E-state index in [2.05, 4.69) is 9.88 Å². The van der Waals surface area contributed by atoms with E-state index in [0.717, 1.165) is 26.2 Å². The van der Waals surface area contributed by atoms with Gasteiger partial charge in [0.05, 0.1) is 12.7 Å². The Bertz CT molecular complexity index is 348. The summed E-state index contributed by atoms with van der Waals surface area (Å²) >= 11 is 5.84. The van der Waals surface area contributed by atoms with Crippen molar-refractivity contribution >= 4 is 11.6 Å². The molecule has 1 aromatic heterocycles. The predicted octanol–water partition coefficient (Wildman–Crippen LogP) is 0.895. The Morgan fingerprint density at radius 3 is 3.25 bits per heavy atom. The summed E-state index contributed by atoms with van der Waals surface area (Å²) in [4.78, 5) is 6.29. The van der Waals surface area contributed by atoms with Gasteiger partial charge in [0.15, 0.2) is 0 Å². The van der Waals surface area contributed by atoms with Crippen LogP contribution in [0.4, 0.5) is 0 Å². The predicted molar refractivity (Wildman–Crippen MR) is 63.3 cm³/mol. The summed E-state index contributed by atoms with van der Waals surface area (Å²) in [5.74, 6) is 0. The van der Waals surface area contributed by atoms with E-state index in [-0.39, 0.29) is 6.10 Å². The fourth-order valence-electron chi connectivity index (χ4n) is 1.87. The third kappa shape index (κ3) is 3.15. The number of hydrogen-bond donors (Lipinski definition) is 1. The fourth-order valence-corrected chi connectivity index (χ4v) is 2.06. The standard InChI is InChI=1S/C11H16ClN3O/c12-11-5-9(1-2-14-11)7-15-3-4-16-10(6-13)8-15/h1-2,5,10H,3-4,6-8,13H2. The zero-order valence-corrected chi connectivity index (χ0v) is 9.86. The molecule has 1 atom stereocenters. The minimum atomic E-state index is 0.158. The largest absolute Gasteiger partial charge is 0.374 e. The molecule has 1 unspecified atom stereocenters. The Labute approximate surface area is 100 Å². The van der Waals surface area contributed by atoms with Gasteiger partial charge in [-0.2, -0.15) is 0 Å². The summed E-state index contributed by atoms with van der Waals surface area (Å²) in [7, 11) is 0. The monoisotopic (exact) mass is 241 g/mol. The van der Waals surface area contributed by atoms with Gasteiger partial charge in [-0.05, 0) is 17.7 Å². The van der Waals surface area contributed by atoms with Crippen molar-refractivity contribution in [2.45, 2.75) is 12.6 Å². The van der Waals surface area contributed by atoms with Gasteiger partial charge in [0.2, 0.25) is 0 Å². The van der Waals surface area contributed by atoms with Gasteiger partial charge in [-0.3, -0.25) is 4.90 Å². The molecular formula is C11H16ClN3O. The first-order valence-electron chi connectivity index (χ1n) is 5.42. The van der Waals surface area contributed by atoms with E-state index in [1.165, 1.54) is 5.56 Å². The molecule has 4 nitrogen and oxygen atoms in total. The van der Waals surface area contributed by atoms with Crippen molar-refractivity contribution < 1.29 is 4.74 Å². The first kappa shape index (κ1) is 11.8. The SMILES string of the molecule is NCC1CN(Cc2ccnc(Cl)c2)CCO1. The highest BCUT2D eigenvalue weighted by molar-refractivity contribution is 6.29. The topological polar surface area (TPSA) is 51.4 Å². The summed E-state index contributed by atoms with van der Waals surface area (Å²) in [6.07, 6.45) is 1.89. The van der Waals surface area contributed by atoms with Crippen LogP contribution in [0.2, 0.25) is 5.15 Å². The van der Waals surface area contributed by atoms with Crippen molar-refractivity contribution in [3.05, 3.63) is 29.0 Å². The molecule has 0 bridgehead atoms. The van der Waals surface area contributed by atoms with Crippen LogP contribution in [0.5, 0.6) is 0 Å². The number of morpholine rings is 1. The van der Waals surface area contributed by atoms with Crippen molar-refractivity contribution in [3.63, 3.8) is 0 Å². The number of aromatic nitrogens is 1. The molecule has 0 spiro atoms. The van der Waals surface area contributed by atoms with E-state index < -0.39 is 0 Å². The normalized spacial score (nSPS) is 22.2. The van der Waals surface area contributed by atoms with Gasteiger partial charge in [0.1, 0.15) is 5.15 Å².